The predicted octanol–water partition coefficient (Wildman–Crippen LogP) is 3.45. The normalized spacial score (nSPS) is 13.9. The van der Waals surface area contributed by atoms with Gasteiger partial charge in [-0.2, -0.15) is 0 Å². The minimum Gasteiger partial charge on any atom is -0.480 e. The van der Waals surface area contributed by atoms with Crippen molar-refractivity contribution >= 4 is 29.3 Å². The number of carbonyl (C=O) groups is 1. The van der Waals surface area contributed by atoms with Gasteiger partial charge in [0.1, 0.15) is 10.6 Å². The smallest absolute Gasteiger partial charge is 0.323 e. The topological polar surface area (TPSA) is 62.2 Å². The molecule has 0 amide bonds. The molecule has 0 saturated heterocycles. The zero-order valence-corrected chi connectivity index (χ0v) is 13.4. The molecule has 6 heteroatoms. The quantitative estimate of drug-likeness (QED) is 0.539. The molecule has 20 heavy (non-hydrogen) atoms. The molecular weight excluding hydrogens is 296 g/mol. The lowest BCUT2D eigenvalue weighted by Crippen LogP contribution is -2.49. The molecule has 0 aromatic carbocycles. The van der Waals surface area contributed by atoms with Crippen LogP contribution in [0.5, 0.6) is 0 Å². The molecule has 112 valence electrons. The Balaban J connectivity index is 2.31. The van der Waals surface area contributed by atoms with E-state index in [0.29, 0.717) is 18.0 Å². The molecule has 4 nitrogen and oxygen atoms in total. The molecule has 0 saturated carbocycles. The van der Waals surface area contributed by atoms with E-state index in [-0.39, 0.29) is 0 Å². The zero-order chi connectivity index (χ0) is 15.0. The molecule has 2 N–H and O–H groups in total. The van der Waals surface area contributed by atoms with Crippen LogP contribution in [0.25, 0.3) is 0 Å². The van der Waals surface area contributed by atoms with Crippen molar-refractivity contribution in [3.63, 3.8) is 0 Å². The van der Waals surface area contributed by atoms with Crippen LogP contribution in [0.4, 0.5) is 0 Å². The van der Waals surface area contributed by atoms with Crippen molar-refractivity contribution in [1.29, 1.82) is 0 Å². The summed E-state index contributed by atoms with van der Waals surface area (Å²) in [7, 11) is 0. The Hall–Kier alpha value is -0.780. The molecule has 0 radical (unpaired) electrons. The third-order valence-corrected chi connectivity index (χ3v) is 4.58. The molecule has 1 atom stereocenters. The van der Waals surface area contributed by atoms with Gasteiger partial charge in [-0.15, -0.1) is 11.8 Å². The largest absolute Gasteiger partial charge is 0.480 e. The monoisotopic (exact) mass is 316 g/mol. The molecular formula is C14H21ClN2O2S. The highest BCUT2D eigenvalue weighted by Gasteiger charge is 2.30. The second-order valence-corrected chi connectivity index (χ2v) is 6.25. The minimum atomic E-state index is -0.831. The van der Waals surface area contributed by atoms with Gasteiger partial charge in [-0.1, -0.05) is 24.9 Å². The van der Waals surface area contributed by atoms with Gasteiger partial charge < -0.3 is 10.4 Å². The number of thioether (sulfide) groups is 1. The van der Waals surface area contributed by atoms with Crippen molar-refractivity contribution in [3.05, 3.63) is 23.4 Å². The molecule has 1 heterocycles. The molecule has 1 aromatic heterocycles. The van der Waals surface area contributed by atoms with Crippen LogP contribution in [0.15, 0.2) is 23.4 Å². The van der Waals surface area contributed by atoms with Crippen molar-refractivity contribution in [1.82, 2.24) is 10.3 Å². The van der Waals surface area contributed by atoms with E-state index in [4.69, 9.17) is 11.6 Å². The lowest BCUT2D eigenvalue weighted by Gasteiger charge is -2.25. The Labute approximate surface area is 129 Å². The fourth-order valence-electron chi connectivity index (χ4n) is 1.89. The summed E-state index contributed by atoms with van der Waals surface area (Å²) in [6, 6.07) is 3.63. The number of nitrogens with one attached hydrogen (secondary N) is 1. The van der Waals surface area contributed by atoms with Crippen LogP contribution < -0.4 is 5.32 Å². The van der Waals surface area contributed by atoms with Crippen LogP contribution in [0.3, 0.4) is 0 Å². The van der Waals surface area contributed by atoms with Crippen LogP contribution in [0.1, 0.15) is 33.1 Å². The van der Waals surface area contributed by atoms with E-state index < -0.39 is 11.5 Å². The Morgan fingerprint density at radius 1 is 1.55 bits per heavy atom. The van der Waals surface area contributed by atoms with Gasteiger partial charge in [0.2, 0.25) is 0 Å². The highest BCUT2D eigenvalue weighted by molar-refractivity contribution is 7.99. The van der Waals surface area contributed by atoms with Gasteiger partial charge in [-0.25, -0.2) is 4.98 Å². The lowest BCUT2D eigenvalue weighted by molar-refractivity contribution is -0.144. The van der Waals surface area contributed by atoms with Gasteiger partial charge >= 0.3 is 5.97 Å². The molecule has 1 unspecified atom stereocenters. The van der Waals surface area contributed by atoms with E-state index in [9.17, 15) is 9.90 Å². The Bertz CT molecular complexity index is 445. The van der Waals surface area contributed by atoms with Crippen LogP contribution in [-0.2, 0) is 4.79 Å². The maximum absolute atomic E-state index is 11.2. The Morgan fingerprint density at radius 3 is 2.90 bits per heavy atom. The summed E-state index contributed by atoms with van der Waals surface area (Å²) in [6.45, 7) is 4.31. The van der Waals surface area contributed by atoms with E-state index >= 15 is 0 Å². The minimum absolute atomic E-state index is 0.618. The molecule has 0 aliphatic carbocycles. The maximum atomic E-state index is 11.2. The standard InChI is InChI=1S/C14H21ClN2O2S/c1-3-17-14(2,13(18)19)8-4-5-10-20-12-11(15)7-6-9-16-12/h6-7,9,17H,3-5,8,10H2,1-2H3,(H,18,19). The fourth-order valence-corrected chi connectivity index (χ4v) is 3.06. The fraction of sp³-hybridized carbons (Fsp3) is 0.571. The number of rotatable bonds is 9. The number of aromatic nitrogens is 1. The first-order chi connectivity index (χ1) is 9.49. The first kappa shape index (κ1) is 17.3. The first-order valence-corrected chi connectivity index (χ1v) is 8.07. The predicted molar refractivity (Wildman–Crippen MR) is 83.5 cm³/mol. The summed E-state index contributed by atoms with van der Waals surface area (Å²) in [4.78, 5) is 15.5. The molecule has 1 aromatic rings. The number of nitrogens with zero attached hydrogens (tertiary/aromatic N) is 1. The van der Waals surface area contributed by atoms with Crippen LogP contribution in [-0.4, -0.2) is 33.9 Å². The number of hydrogen-bond acceptors (Lipinski definition) is 4. The maximum Gasteiger partial charge on any atom is 0.323 e. The van der Waals surface area contributed by atoms with E-state index in [0.717, 1.165) is 23.6 Å². The van der Waals surface area contributed by atoms with Crippen molar-refractivity contribution in [2.45, 2.75) is 43.7 Å². The highest BCUT2D eigenvalue weighted by atomic mass is 35.5. The Kier molecular flexibility index (Phi) is 7.34. The lowest BCUT2D eigenvalue weighted by atomic mass is 9.95. The number of unbranched alkanes of at least 4 members (excludes halogenated alkanes) is 1. The van der Waals surface area contributed by atoms with Gasteiger partial charge in [-0.05, 0) is 44.2 Å². The highest BCUT2D eigenvalue weighted by Crippen LogP contribution is 2.25. The van der Waals surface area contributed by atoms with Crippen LogP contribution in [0.2, 0.25) is 5.02 Å². The summed E-state index contributed by atoms with van der Waals surface area (Å²) in [5.41, 5.74) is -0.831. The zero-order valence-electron chi connectivity index (χ0n) is 11.9. The van der Waals surface area contributed by atoms with Gasteiger partial charge in [0.05, 0.1) is 5.02 Å². The van der Waals surface area contributed by atoms with E-state index in [1.54, 1.807) is 30.9 Å². The first-order valence-electron chi connectivity index (χ1n) is 6.71. The summed E-state index contributed by atoms with van der Waals surface area (Å²) in [6.07, 6.45) is 4.13. The molecule has 1 rings (SSSR count). The van der Waals surface area contributed by atoms with Crippen molar-refractivity contribution in [2.24, 2.45) is 0 Å². The molecule has 0 spiro atoms. The summed E-state index contributed by atoms with van der Waals surface area (Å²) < 4.78 is 0. The molecule has 0 fully saturated rings. The summed E-state index contributed by atoms with van der Waals surface area (Å²) >= 11 is 7.63. The molecule has 0 bridgehead atoms. The van der Waals surface area contributed by atoms with Gasteiger partial charge in [-0.3, -0.25) is 4.79 Å². The van der Waals surface area contributed by atoms with Crippen LogP contribution >= 0.6 is 23.4 Å². The average Bonchev–Trinajstić information content (AvgIpc) is 2.40. The van der Waals surface area contributed by atoms with E-state index in [1.165, 1.54) is 0 Å². The van der Waals surface area contributed by atoms with Gasteiger partial charge in [0, 0.05) is 6.20 Å². The Morgan fingerprint density at radius 2 is 2.30 bits per heavy atom. The third kappa shape index (κ3) is 5.31. The number of likely N-dealkylation sites (N-methyl/N-ethyl adjacent to an activating group) is 1. The van der Waals surface area contributed by atoms with Crippen molar-refractivity contribution in [3.8, 4) is 0 Å². The SMILES string of the molecule is CCNC(C)(CCCCSc1ncccc1Cl)C(=O)O. The summed E-state index contributed by atoms with van der Waals surface area (Å²) in [5.74, 6) is 0.0956. The second kappa shape index (κ2) is 8.49. The van der Waals surface area contributed by atoms with E-state index in [1.807, 2.05) is 13.0 Å². The number of carboxylic acid groups (broad SMARTS) is 1. The second-order valence-electron chi connectivity index (χ2n) is 4.76. The molecule has 0 aliphatic rings. The van der Waals surface area contributed by atoms with Crippen molar-refractivity contribution < 1.29 is 9.90 Å². The van der Waals surface area contributed by atoms with Crippen molar-refractivity contribution in [2.75, 3.05) is 12.3 Å². The van der Waals surface area contributed by atoms with E-state index in [2.05, 4.69) is 10.3 Å². The summed E-state index contributed by atoms with van der Waals surface area (Å²) in [5, 5.41) is 13.8. The van der Waals surface area contributed by atoms with Gasteiger partial charge in [0.15, 0.2) is 0 Å². The molecule has 0 aliphatic heterocycles. The average molecular weight is 317 g/mol. The number of aliphatic carboxylic acids is 1. The number of pyridine rings is 1. The van der Waals surface area contributed by atoms with Gasteiger partial charge in [0.25, 0.3) is 0 Å². The van der Waals surface area contributed by atoms with Crippen LogP contribution in [0, 0.1) is 0 Å². The third-order valence-electron chi connectivity index (χ3n) is 3.07. The number of hydrogen-bond donors (Lipinski definition) is 2. The number of halogens is 1. The number of carboxylic acids is 1.